The lowest BCUT2D eigenvalue weighted by Crippen LogP contribution is -2.04. The lowest BCUT2D eigenvalue weighted by Gasteiger charge is -2.15. The molecule has 1 heterocycles. The van der Waals surface area contributed by atoms with E-state index in [9.17, 15) is 0 Å². The summed E-state index contributed by atoms with van der Waals surface area (Å²) in [6, 6.07) is 43.4. The molecular formula is C39H37NO4. The number of nitrogens with zero attached hydrogens (tertiary/aromatic N) is 1. The Morgan fingerprint density at radius 3 is 1.86 bits per heavy atom. The predicted molar refractivity (Wildman–Crippen MR) is 176 cm³/mol. The maximum absolute atomic E-state index is 9.12. The van der Waals surface area contributed by atoms with E-state index in [-0.39, 0.29) is 13.2 Å². The van der Waals surface area contributed by atoms with Gasteiger partial charge in [-0.1, -0.05) is 91.9 Å². The summed E-state index contributed by atoms with van der Waals surface area (Å²) in [5.74, 6) is 2.44. The van der Waals surface area contributed by atoms with Crippen LogP contribution in [0.1, 0.15) is 29.2 Å². The molecule has 0 saturated carbocycles. The molecule has 0 saturated heterocycles. The molecule has 0 aliphatic rings. The molecule has 1 N–H and O–H groups in total. The summed E-state index contributed by atoms with van der Waals surface area (Å²) in [5.41, 5.74) is 8.14. The van der Waals surface area contributed by atoms with Crippen LogP contribution >= 0.6 is 0 Å². The highest BCUT2D eigenvalue weighted by molar-refractivity contribution is 5.93. The maximum atomic E-state index is 9.12. The molecule has 0 aliphatic heterocycles. The van der Waals surface area contributed by atoms with Gasteiger partial charge in [-0.05, 0) is 71.1 Å². The Bertz CT molecular complexity index is 1790. The average molecular weight is 584 g/mol. The molecule has 5 aromatic carbocycles. The lowest BCUT2D eigenvalue weighted by atomic mass is 10.0. The molecule has 0 radical (unpaired) electrons. The summed E-state index contributed by atoms with van der Waals surface area (Å²) >= 11 is 0. The van der Waals surface area contributed by atoms with Gasteiger partial charge in [0.05, 0.1) is 12.3 Å². The Hall–Kier alpha value is -5.00. The van der Waals surface area contributed by atoms with Crippen LogP contribution in [0.4, 0.5) is 0 Å². The fourth-order valence-corrected chi connectivity index (χ4v) is 5.60. The third-order valence-electron chi connectivity index (χ3n) is 7.72. The molecule has 0 atom stereocenters. The van der Waals surface area contributed by atoms with Crippen molar-refractivity contribution < 1.29 is 19.3 Å². The SMILES string of the molecule is CCc1c(-c2cccc(OCc3ccccc3)c2)n(Cc2ccc(OCCO)cc2)c2ccc(OCc3ccccc3)cc12. The minimum Gasteiger partial charge on any atom is -0.491 e. The number of hydrogen-bond donors (Lipinski definition) is 1. The van der Waals surface area contributed by atoms with Gasteiger partial charge in [-0.25, -0.2) is 0 Å². The molecule has 6 aromatic rings. The molecule has 0 aliphatic carbocycles. The zero-order valence-electron chi connectivity index (χ0n) is 25.0. The number of hydrogen-bond acceptors (Lipinski definition) is 4. The van der Waals surface area contributed by atoms with Gasteiger partial charge in [-0.15, -0.1) is 0 Å². The van der Waals surface area contributed by atoms with Crippen molar-refractivity contribution in [3.05, 3.63) is 150 Å². The Kier molecular flexibility index (Phi) is 9.24. The highest BCUT2D eigenvalue weighted by Gasteiger charge is 2.19. The number of rotatable bonds is 13. The number of ether oxygens (including phenoxy) is 3. The van der Waals surface area contributed by atoms with Crippen LogP contribution in [0.15, 0.2) is 127 Å². The fraction of sp³-hybridized carbons (Fsp3) is 0.179. The highest BCUT2D eigenvalue weighted by Crippen LogP contribution is 2.38. The third kappa shape index (κ3) is 6.80. The van der Waals surface area contributed by atoms with Gasteiger partial charge >= 0.3 is 0 Å². The zero-order chi connectivity index (χ0) is 30.1. The quantitative estimate of drug-likeness (QED) is 0.148. The van der Waals surface area contributed by atoms with E-state index in [4.69, 9.17) is 19.3 Å². The summed E-state index contributed by atoms with van der Waals surface area (Å²) in [7, 11) is 0. The summed E-state index contributed by atoms with van der Waals surface area (Å²) in [5, 5.41) is 10.3. The van der Waals surface area contributed by atoms with Gasteiger partial charge in [-0.2, -0.15) is 0 Å². The number of aliphatic hydroxyl groups is 1. The average Bonchev–Trinajstić information content (AvgIpc) is 3.39. The molecule has 5 nitrogen and oxygen atoms in total. The van der Waals surface area contributed by atoms with E-state index >= 15 is 0 Å². The topological polar surface area (TPSA) is 52.9 Å². The smallest absolute Gasteiger partial charge is 0.120 e. The Balaban J connectivity index is 1.38. The summed E-state index contributed by atoms with van der Waals surface area (Å²) in [6.45, 7) is 4.20. The molecule has 5 heteroatoms. The zero-order valence-corrected chi connectivity index (χ0v) is 25.0. The number of benzene rings is 5. The number of fused-ring (bicyclic) bond motifs is 1. The van der Waals surface area contributed by atoms with Crippen molar-refractivity contribution >= 4 is 10.9 Å². The van der Waals surface area contributed by atoms with Gasteiger partial charge in [0.1, 0.15) is 37.1 Å². The molecule has 0 bridgehead atoms. The van der Waals surface area contributed by atoms with Crippen molar-refractivity contribution in [2.75, 3.05) is 13.2 Å². The molecule has 0 spiro atoms. The molecular weight excluding hydrogens is 546 g/mol. The molecule has 0 amide bonds. The van der Waals surface area contributed by atoms with Gasteiger partial charge in [0, 0.05) is 23.0 Å². The van der Waals surface area contributed by atoms with Crippen LogP contribution in [0.25, 0.3) is 22.2 Å². The largest absolute Gasteiger partial charge is 0.491 e. The molecule has 6 rings (SSSR count). The van der Waals surface area contributed by atoms with E-state index in [1.165, 1.54) is 16.6 Å². The molecule has 0 fully saturated rings. The van der Waals surface area contributed by atoms with Crippen LogP contribution in [-0.4, -0.2) is 22.9 Å². The van der Waals surface area contributed by atoms with Gasteiger partial charge < -0.3 is 23.9 Å². The Morgan fingerprint density at radius 1 is 0.591 bits per heavy atom. The van der Waals surface area contributed by atoms with E-state index in [2.05, 4.69) is 84.3 Å². The van der Waals surface area contributed by atoms with Crippen molar-refractivity contribution in [2.24, 2.45) is 0 Å². The second-order valence-corrected chi connectivity index (χ2v) is 10.7. The molecule has 1 aromatic heterocycles. The first-order chi connectivity index (χ1) is 21.7. The highest BCUT2D eigenvalue weighted by atomic mass is 16.5. The minimum absolute atomic E-state index is 0.00849. The summed E-state index contributed by atoms with van der Waals surface area (Å²) < 4.78 is 20.5. The summed E-state index contributed by atoms with van der Waals surface area (Å²) in [6.07, 6.45) is 0.865. The lowest BCUT2D eigenvalue weighted by molar-refractivity contribution is 0.201. The van der Waals surface area contributed by atoms with Gasteiger partial charge in [0.2, 0.25) is 0 Å². The normalized spacial score (nSPS) is 11.0. The number of aryl methyl sites for hydroxylation is 1. The first kappa shape index (κ1) is 29.1. The number of aliphatic hydroxyl groups excluding tert-OH is 1. The van der Waals surface area contributed by atoms with Crippen LogP contribution in [-0.2, 0) is 26.2 Å². The third-order valence-corrected chi connectivity index (χ3v) is 7.72. The van der Waals surface area contributed by atoms with E-state index in [0.29, 0.717) is 19.8 Å². The van der Waals surface area contributed by atoms with E-state index < -0.39 is 0 Å². The van der Waals surface area contributed by atoms with Crippen LogP contribution in [0.5, 0.6) is 17.2 Å². The first-order valence-corrected chi connectivity index (χ1v) is 15.1. The van der Waals surface area contributed by atoms with E-state index in [1.807, 2.05) is 54.6 Å². The van der Waals surface area contributed by atoms with Crippen molar-refractivity contribution in [1.29, 1.82) is 0 Å². The van der Waals surface area contributed by atoms with E-state index in [0.717, 1.165) is 51.4 Å². The fourth-order valence-electron chi connectivity index (χ4n) is 5.60. The maximum Gasteiger partial charge on any atom is 0.120 e. The second kappa shape index (κ2) is 14.0. The number of aromatic nitrogens is 1. The van der Waals surface area contributed by atoms with Gasteiger partial charge in [0.25, 0.3) is 0 Å². The van der Waals surface area contributed by atoms with Crippen molar-refractivity contribution in [2.45, 2.75) is 33.1 Å². The van der Waals surface area contributed by atoms with Gasteiger partial charge in [0.15, 0.2) is 0 Å². The second-order valence-electron chi connectivity index (χ2n) is 10.7. The summed E-state index contributed by atoms with van der Waals surface area (Å²) in [4.78, 5) is 0. The van der Waals surface area contributed by atoms with Gasteiger partial charge in [-0.3, -0.25) is 0 Å². The Labute approximate surface area is 258 Å². The van der Waals surface area contributed by atoms with E-state index in [1.54, 1.807) is 0 Å². The van der Waals surface area contributed by atoms with Crippen LogP contribution in [0.3, 0.4) is 0 Å². The molecule has 222 valence electrons. The predicted octanol–water partition coefficient (Wildman–Crippen LogP) is 8.45. The van der Waals surface area contributed by atoms with Crippen molar-refractivity contribution in [3.63, 3.8) is 0 Å². The van der Waals surface area contributed by atoms with Crippen molar-refractivity contribution in [3.8, 4) is 28.5 Å². The van der Waals surface area contributed by atoms with Crippen LogP contribution < -0.4 is 14.2 Å². The Morgan fingerprint density at radius 2 is 1.23 bits per heavy atom. The monoisotopic (exact) mass is 583 g/mol. The van der Waals surface area contributed by atoms with Crippen LogP contribution in [0, 0.1) is 0 Å². The van der Waals surface area contributed by atoms with Crippen LogP contribution in [0.2, 0.25) is 0 Å². The standard InChI is InChI=1S/C39H37NO4/c1-2-36-37-25-35(44-28-31-12-7-4-8-13-31)20-21-38(37)40(26-29-16-18-33(19-17-29)42-23-22-41)39(36)32-14-9-15-34(24-32)43-27-30-10-5-3-6-11-30/h3-21,24-25,41H,2,22-23,26-28H2,1H3. The molecule has 44 heavy (non-hydrogen) atoms. The van der Waals surface area contributed by atoms with Crippen molar-refractivity contribution in [1.82, 2.24) is 4.57 Å². The molecule has 0 unspecified atom stereocenters. The first-order valence-electron chi connectivity index (χ1n) is 15.1. The minimum atomic E-state index is -0.00849.